The van der Waals surface area contributed by atoms with Crippen LogP contribution in [-0.4, -0.2) is 48.5 Å². The number of thioether (sulfide) groups is 2. The number of amides is 1. The van der Waals surface area contributed by atoms with E-state index in [4.69, 9.17) is 0 Å². The van der Waals surface area contributed by atoms with E-state index >= 15 is 0 Å². The second-order valence-electron chi connectivity index (χ2n) is 6.44. The van der Waals surface area contributed by atoms with Crippen molar-refractivity contribution in [2.45, 2.75) is 11.0 Å². The Labute approximate surface area is 140 Å². The number of hydrogen-bond donors (Lipinski definition) is 1. The van der Waals surface area contributed by atoms with E-state index in [1.807, 2.05) is 35.7 Å². The molecule has 3 nitrogen and oxygen atoms in total. The molecule has 5 heteroatoms. The maximum absolute atomic E-state index is 12.7. The van der Waals surface area contributed by atoms with Crippen molar-refractivity contribution in [3.63, 3.8) is 0 Å². The molecule has 0 saturated carbocycles. The van der Waals surface area contributed by atoms with Crippen LogP contribution in [0.2, 0.25) is 0 Å². The molecule has 1 N–H and O–H groups in total. The van der Waals surface area contributed by atoms with E-state index in [1.54, 1.807) is 0 Å². The lowest BCUT2D eigenvalue weighted by atomic mass is 10.0. The summed E-state index contributed by atoms with van der Waals surface area (Å²) in [6, 6.07) is 8.36. The average molecular weight is 335 g/mol. The molecule has 0 bridgehead atoms. The normalized spacial score (nSPS) is 28.8. The van der Waals surface area contributed by atoms with E-state index < -0.39 is 0 Å². The van der Waals surface area contributed by atoms with Gasteiger partial charge in [0.15, 0.2) is 0 Å². The van der Waals surface area contributed by atoms with E-state index in [0.29, 0.717) is 16.4 Å². The summed E-state index contributed by atoms with van der Waals surface area (Å²) >= 11 is 4.06. The molecule has 0 aliphatic carbocycles. The molecule has 0 aromatic heterocycles. The van der Waals surface area contributed by atoms with Crippen LogP contribution in [-0.2, 0) is 0 Å². The first kappa shape index (κ1) is 14.9. The van der Waals surface area contributed by atoms with Crippen molar-refractivity contribution in [3.8, 4) is 0 Å². The molecule has 0 unspecified atom stereocenters. The third-order valence-electron chi connectivity index (χ3n) is 4.93. The SMILES string of the molecule is O=C(c1ccc(C2SCCCS2)cc1)N1C[C@H]2CNC[C@H]2C1. The average Bonchev–Trinajstić information content (AvgIpc) is 3.17. The van der Waals surface area contributed by atoms with Gasteiger partial charge in [-0.2, -0.15) is 0 Å². The first-order valence-electron chi connectivity index (χ1n) is 8.14. The number of carbonyl (C=O) groups is 1. The predicted molar refractivity (Wildman–Crippen MR) is 94.5 cm³/mol. The summed E-state index contributed by atoms with van der Waals surface area (Å²) in [6.07, 6.45) is 1.31. The van der Waals surface area contributed by atoms with Crippen molar-refractivity contribution < 1.29 is 4.79 Å². The van der Waals surface area contributed by atoms with Crippen LogP contribution in [0.1, 0.15) is 26.9 Å². The first-order valence-corrected chi connectivity index (χ1v) is 10.2. The zero-order valence-electron chi connectivity index (χ0n) is 12.7. The number of fused-ring (bicyclic) bond motifs is 1. The molecule has 3 fully saturated rings. The van der Waals surface area contributed by atoms with Crippen molar-refractivity contribution in [1.29, 1.82) is 0 Å². The maximum atomic E-state index is 12.7. The molecule has 3 aliphatic heterocycles. The van der Waals surface area contributed by atoms with E-state index in [9.17, 15) is 4.79 Å². The van der Waals surface area contributed by atoms with Crippen LogP contribution in [0.5, 0.6) is 0 Å². The van der Waals surface area contributed by atoms with Gasteiger partial charge in [0.1, 0.15) is 0 Å². The Balaban J connectivity index is 1.43. The highest BCUT2D eigenvalue weighted by Gasteiger charge is 2.38. The van der Waals surface area contributed by atoms with Crippen LogP contribution < -0.4 is 5.32 Å². The molecule has 3 aliphatic rings. The fourth-order valence-corrected chi connectivity index (χ4v) is 6.56. The van der Waals surface area contributed by atoms with Crippen LogP contribution in [0.25, 0.3) is 0 Å². The summed E-state index contributed by atoms with van der Waals surface area (Å²) < 4.78 is 0.551. The molecular weight excluding hydrogens is 312 g/mol. The van der Waals surface area contributed by atoms with Crippen molar-refractivity contribution in [2.24, 2.45) is 11.8 Å². The minimum absolute atomic E-state index is 0.213. The predicted octanol–water partition coefficient (Wildman–Crippen LogP) is 2.85. The molecule has 0 spiro atoms. The number of nitrogens with one attached hydrogen (secondary N) is 1. The highest BCUT2D eigenvalue weighted by Crippen LogP contribution is 2.43. The summed E-state index contributed by atoms with van der Waals surface area (Å²) in [4.78, 5) is 14.7. The zero-order valence-corrected chi connectivity index (χ0v) is 14.3. The number of benzene rings is 1. The summed E-state index contributed by atoms with van der Waals surface area (Å²) in [5.41, 5.74) is 2.20. The number of likely N-dealkylation sites (tertiary alicyclic amines) is 1. The second-order valence-corrected chi connectivity index (χ2v) is 9.16. The van der Waals surface area contributed by atoms with E-state index in [0.717, 1.165) is 31.7 Å². The van der Waals surface area contributed by atoms with Gasteiger partial charge in [-0.05, 0) is 47.5 Å². The quantitative estimate of drug-likeness (QED) is 0.901. The smallest absolute Gasteiger partial charge is 0.253 e. The molecule has 4 rings (SSSR count). The highest BCUT2D eigenvalue weighted by atomic mass is 32.2. The third-order valence-corrected chi connectivity index (χ3v) is 7.95. The standard InChI is InChI=1S/C17H22N2OS2/c20-16(19-10-14-8-18-9-15(14)11-19)12-2-4-13(5-3-12)17-21-6-1-7-22-17/h2-5,14-15,17-18H,1,6-11H2/t14-,15+. The zero-order chi connectivity index (χ0) is 14.9. The third kappa shape index (κ3) is 2.91. The molecular formula is C17H22N2OS2. The molecule has 3 heterocycles. The van der Waals surface area contributed by atoms with Crippen LogP contribution >= 0.6 is 23.5 Å². The summed E-state index contributed by atoms with van der Waals surface area (Å²) in [5.74, 6) is 4.05. The van der Waals surface area contributed by atoms with E-state index in [-0.39, 0.29) is 5.91 Å². The Hall–Kier alpha value is -0.650. The number of carbonyl (C=O) groups excluding carboxylic acids is 1. The van der Waals surface area contributed by atoms with Crippen molar-refractivity contribution in [3.05, 3.63) is 35.4 Å². The topological polar surface area (TPSA) is 32.3 Å². The van der Waals surface area contributed by atoms with Gasteiger partial charge in [0.05, 0.1) is 4.58 Å². The Morgan fingerprint density at radius 1 is 1.05 bits per heavy atom. The molecule has 2 atom stereocenters. The monoisotopic (exact) mass is 334 g/mol. The molecule has 118 valence electrons. The number of nitrogens with zero attached hydrogens (tertiary/aromatic N) is 1. The molecule has 22 heavy (non-hydrogen) atoms. The van der Waals surface area contributed by atoms with Crippen LogP contribution in [0.3, 0.4) is 0 Å². The van der Waals surface area contributed by atoms with Gasteiger partial charge < -0.3 is 10.2 Å². The van der Waals surface area contributed by atoms with Gasteiger partial charge in [0.2, 0.25) is 0 Å². The van der Waals surface area contributed by atoms with Crippen molar-refractivity contribution in [1.82, 2.24) is 10.2 Å². The van der Waals surface area contributed by atoms with Gasteiger partial charge in [0, 0.05) is 31.7 Å². The lowest BCUT2D eigenvalue weighted by molar-refractivity contribution is 0.0781. The van der Waals surface area contributed by atoms with E-state index in [1.165, 1.54) is 23.5 Å². The summed E-state index contributed by atoms with van der Waals surface area (Å²) in [5, 5.41) is 3.42. The van der Waals surface area contributed by atoms with Crippen molar-refractivity contribution >= 4 is 29.4 Å². The van der Waals surface area contributed by atoms with Gasteiger partial charge in [-0.3, -0.25) is 4.79 Å². The fraction of sp³-hybridized carbons (Fsp3) is 0.588. The maximum Gasteiger partial charge on any atom is 0.253 e. The van der Waals surface area contributed by atoms with Crippen LogP contribution in [0, 0.1) is 11.8 Å². The fourth-order valence-electron chi connectivity index (χ4n) is 3.67. The van der Waals surface area contributed by atoms with Gasteiger partial charge in [-0.15, -0.1) is 23.5 Å². The Morgan fingerprint density at radius 3 is 2.32 bits per heavy atom. The molecule has 1 aromatic rings. The second kappa shape index (κ2) is 6.46. The molecule has 1 aromatic carbocycles. The van der Waals surface area contributed by atoms with Crippen LogP contribution in [0.4, 0.5) is 0 Å². The summed E-state index contributed by atoms with van der Waals surface area (Å²) in [6.45, 7) is 3.99. The van der Waals surface area contributed by atoms with Gasteiger partial charge in [-0.25, -0.2) is 0 Å². The van der Waals surface area contributed by atoms with Crippen LogP contribution in [0.15, 0.2) is 24.3 Å². The first-order chi connectivity index (χ1) is 10.8. The Kier molecular flexibility index (Phi) is 4.38. The highest BCUT2D eigenvalue weighted by molar-refractivity contribution is 8.16. The minimum Gasteiger partial charge on any atom is -0.338 e. The van der Waals surface area contributed by atoms with Crippen molar-refractivity contribution in [2.75, 3.05) is 37.7 Å². The van der Waals surface area contributed by atoms with Gasteiger partial charge in [-0.1, -0.05) is 12.1 Å². The largest absolute Gasteiger partial charge is 0.338 e. The molecule has 1 amide bonds. The number of rotatable bonds is 2. The Bertz CT molecular complexity index is 530. The lowest BCUT2D eigenvalue weighted by Crippen LogP contribution is -2.31. The minimum atomic E-state index is 0.213. The van der Waals surface area contributed by atoms with E-state index in [2.05, 4.69) is 22.3 Å². The molecule has 3 saturated heterocycles. The Morgan fingerprint density at radius 2 is 1.68 bits per heavy atom. The molecule has 0 radical (unpaired) electrons. The number of hydrogen-bond acceptors (Lipinski definition) is 4. The van der Waals surface area contributed by atoms with Gasteiger partial charge >= 0.3 is 0 Å². The lowest BCUT2D eigenvalue weighted by Gasteiger charge is -2.22. The van der Waals surface area contributed by atoms with Gasteiger partial charge in [0.25, 0.3) is 5.91 Å². The summed E-state index contributed by atoms with van der Waals surface area (Å²) in [7, 11) is 0.